The van der Waals surface area contributed by atoms with E-state index in [0.29, 0.717) is 5.71 Å². The van der Waals surface area contributed by atoms with Crippen LogP contribution in [-0.4, -0.2) is 11.4 Å². The Kier molecular flexibility index (Phi) is 3.09. The monoisotopic (exact) mass is 158 g/mol. The van der Waals surface area contributed by atoms with Crippen LogP contribution in [0.15, 0.2) is 4.40 Å². The molecule has 0 aromatic carbocycles. The molecule has 0 fully saturated rings. The molecule has 0 aliphatic rings. The van der Waals surface area contributed by atoms with Crippen molar-refractivity contribution in [1.29, 1.82) is 5.41 Å². The van der Waals surface area contributed by atoms with Crippen molar-refractivity contribution in [2.75, 3.05) is 0 Å². The average molecular weight is 158 g/mol. The van der Waals surface area contributed by atoms with Gasteiger partial charge in [-0.05, 0) is 19.7 Å². The van der Waals surface area contributed by atoms with Gasteiger partial charge in [0.25, 0.3) is 0 Å². The second-order valence-electron chi connectivity index (χ2n) is 3.32. The summed E-state index contributed by atoms with van der Waals surface area (Å²) < 4.78 is 3.75. The number of hydrogen-bond acceptors (Lipinski definition) is 3. The number of nitrogens with one attached hydrogen (secondary N) is 1. The van der Waals surface area contributed by atoms with Gasteiger partial charge >= 0.3 is 0 Å². The molecule has 58 valence electrons. The smallest absolute Gasteiger partial charge is 0.0741 e. The van der Waals surface area contributed by atoms with Gasteiger partial charge in [0.1, 0.15) is 0 Å². The van der Waals surface area contributed by atoms with E-state index in [4.69, 9.17) is 5.41 Å². The fourth-order valence-electron chi connectivity index (χ4n) is 0.788. The van der Waals surface area contributed by atoms with Crippen molar-refractivity contribution in [3.63, 3.8) is 0 Å². The Bertz CT molecular complexity index is 165. The molecule has 0 heterocycles. The quantitative estimate of drug-likeness (QED) is 0.434. The Labute approximate surface area is 67.8 Å². The molecule has 0 saturated carbocycles. The highest BCUT2D eigenvalue weighted by Gasteiger charge is 2.19. The topological polar surface area (TPSA) is 36.2 Å². The van der Waals surface area contributed by atoms with E-state index in [0.717, 1.165) is 5.71 Å². The molecule has 0 amide bonds. The third-order valence-corrected chi connectivity index (χ3v) is 1.37. The average Bonchev–Trinajstić information content (AvgIpc) is 1.60. The molecule has 0 atom stereocenters. The highest BCUT2D eigenvalue weighted by molar-refractivity contribution is 7.79. The molecular weight excluding hydrogens is 144 g/mol. The lowest BCUT2D eigenvalue weighted by molar-refractivity contribution is 0.599. The fourth-order valence-corrected chi connectivity index (χ4v) is 1.24. The molecule has 0 unspecified atom stereocenters. The molecule has 0 saturated heterocycles. The van der Waals surface area contributed by atoms with Crippen molar-refractivity contribution in [2.24, 2.45) is 9.81 Å². The molecule has 3 heteroatoms. The van der Waals surface area contributed by atoms with Crippen LogP contribution >= 0.6 is 12.8 Å². The normalized spacial score (nSPS) is 13.5. The second kappa shape index (κ2) is 3.19. The first-order valence-electron chi connectivity index (χ1n) is 3.17. The molecular formula is C7H14N2S. The minimum absolute atomic E-state index is 0.0619. The molecule has 1 N–H and O–H groups in total. The van der Waals surface area contributed by atoms with Gasteiger partial charge in [0.15, 0.2) is 0 Å². The van der Waals surface area contributed by atoms with Crippen molar-refractivity contribution in [1.82, 2.24) is 0 Å². The van der Waals surface area contributed by atoms with Gasteiger partial charge in [-0.2, -0.15) is 0 Å². The van der Waals surface area contributed by atoms with E-state index in [1.54, 1.807) is 6.92 Å². The Morgan fingerprint density at radius 3 is 1.80 bits per heavy atom. The van der Waals surface area contributed by atoms with Gasteiger partial charge in [0, 0.05) is 5.41 Å². The van der Waals surface area contributed by atoms with E-state index >= 15 is 0 Å². The minimum atomic E-state index is -0.0619. The Balaban J connectivity index is 4.56. The molecule has 0 aliphatic carbocycles. The molecule has 0 aromatic heterocycles. The van der Waals surface area contributed by atoms with Gasteiger partial charge in [-0.3, -0.25) is 0 Å². The van der Waals surface area contributed by atoms with E-state index in [9.17, 15) is 0 Å². The van der Waals surface area contributed by atoms with E-state index in [2.05, 4.69) is 17.2 Å². The largest absolute Gasteiger partial charge is 0.304 e. The predicted molar refractivity (Wildman–Crippen MR) is 49.3 cm³/mol. The minimum Gasteiger partial charge on any atom is -0.304 e. The van der Waals surface area contributed by atoms with Crippen LogP contribution in [0, 0.1) is 10.8 Å². The highest BCUT2D eigenvalue weighted by Crippen LogP contribution is 2.17. The van der Waals surface area contributed by atoms with Gasteiger partial charge in [-0.1, -0.05) is 20.8 Å². The highest BCUT2D eigenvalue weighted by atomic mass is 32.1. The third kappa shape index (κ3) is 2.52. The first-order valence-corrected chi connectivity index (χ1v) is 3.57. The molecule has 0 spiro atoms. The van der Waals surface area contributed by atoms with Gasteiger partial charge < -0.3 is 5.41 Å². The van der Waals surface area contributed by atoms with Gasteiger partial charge in [-0.25, -0.2) is 4.40 Å². The van der Waals surface area contributed by atoms with E-state index < -0.39 is 0 Å². The summed E-state index contributed by atoms with van der Waals surface area (Å²) >= 11 is 3.80. The summed E-state index contributed by atoms with van der Waals surface area (Å²) in [7, 11) is 0. The van der Waals surface area contributed by atoms with Crippen molar-refractivity contribution >= 4 is 24.2 Å². The Morgan fingerprint density at radius 1 is 1.40 bits per heavy atom. The van der Waals surface area contributed by atoms with Crippen LogP contribution in [0.3, 0.4) is 0 Å². The van der Waals surface area contributed by atoms with Crippen molar-refractivity contribution in [3.05, 3.63) is 0 Å². The maximum absolute atomic E-state index is 7.33. The zero-order valence-corrected chi connectivity index (χ0v) is 7.79. The van der Waals surface area contributed by atoms with Crippen molar-refractivity contribution in [2.45, 2.75) is 27.7 Å². The van der Waals surface area contributed by atoms with Crippen LogP contribution in [0.2, 0.25) is 0 Å². The summed E-state index contributed by atoms with van der Waals surface area (Å²) in [6.45, 7) is 7.76. The molecule has 2 nitrogen and oxygen atoms in total. The second-order valence-corrected chi connectivity index (χ2v) is 3.52. The number of rotatable bonds is 1. The maximum Gasteiger partial charge on any atom is 0.0741 e. The Hall–Kier alpha value is -0.310. The summed E-state index contributed by atoms with van der Waals surface area (Å²) in [5, 5.41) is 7.33. The molecule has 0 aliphatic heterocycles. The van der Waals surface area contributed by atoms with Crippen LogP contribution in [0.1, 0.15) is 27.7 Å². The first kappa shape index (κ1) is 9.69. The number of nitrogens with zero attached hydrogens (tertiary/aromatic N) is 1. The van der Waals surface area contributed by atoms with E-state index in [-0.39, 0.29) is 5.41 Å². The van der Waals surface area contributed by atoms with Gasteiger partial charge in [0.2, 0.25) is 0 Å². The lowest BCUT2D eigenvalue weighted by Gasteiger charge is -2.19. The van der Waals surface area contributed by atoms with Crippen LogP contribution in [0.5, 0.6) is 0 Å². The summed E-state index contributed by atoms with van der Waals surface area (Å²) in [5.74, 6) is 0. The molecule has 0 rings (SSSR count). The molecule has 0 bridgehead atoms. The predicted octanol–water partition coefficient (Wildman–Crippen LogP) is 2.36. The molecule has 0 radical (unpaired) electrons. The zero-order valence-electron chi connectivity index (χ0n) is 6.89. The fraction of sp³-hybridized carbons (Fsp3) is 0.714. The van der Waals surface area contributed by atoms with Gasteiger partial charge in [0.05, 0.1) is 11.4 Å². The van der Waals surface area contributed by atoms with Crippen LogP contribution in [-0.2, 0) is 0 Å². The SMILES string of the molecule is CC(=N)C(=NS)C(C)(C)C. The van der Waals surface area contributed by atoms with Gasteiger partial charge in [-0.15, -0.1) is 0 Å². The van der Waals surface area contributed by atoms with E-state index in [1.807, 2.05) is 20.8 Å². The molecule has 10 heavy (non-hydrogen) atoms. The van der Waals surface area contributed by atoms with Crippen LogP contribution < -0.4 is 0 Å². The third-order valence-electron chi connectivity index (χ3n) is 1.17. The standard InChI is InChI=1S/C7H14N2S/c1-5(8)6(9-10)7(2,3)4/h8,10H,1-4H3. The zero-order chi connectivity index (χ0) is 8.36. The van der Waals surface area contributed by atoms with Crippen LogP contribution in [0.4, 0.5) is 0 Å². The number of hydrogen-bond donors (Lipinski definition) is 2. The molecule has 0 aromatic rings. The lowest BCUT2D eigenvalue weighted by atomic mass is 9.88. The first-order chi connectivity index (χ1) is 4.39. The van der Waals surface area contributed by atoms with Crippen LogP contribution in [0.25, 0.3) is 0 Å². The summed E-state index contributed by atoms with van der Waals surface area (Å²) in [5.41, 5.74) is 1.17. The van der Waals surface area contributed by atoms with E-state index in [1.165, 1.54) is 0 Å². The summed E-state index contributed by atoms with van der Waals surface area (Å²) in [6.07, 6.45) is 0. The van der Waals surface area contributed by atoms with Crippen molar-refractivity contribution < 1.29 is 0 Å². The Morgan fingerprint density at radius 2 is 1.80 bits per heavy atom. The number of thiol groups is 1. The summed E-state index contributed by atoms with van der Waals surface area (Å²) in [6, 6.07) is 0. The lowest BCUT2D eigenvalue weighted by Crippen LogP contribution is -2.25. The van der Waals surface area contributed by atoms with Crippen molar-refractivity contribution in [3.8, 4) is 0 Å². The summed E-state index contributed by atoms with van der Waals surface area (Å²) in [4.78, 5) is 0. The maximum atomic E-state index is 7.33.